The molecule has 0 N–H and O–H groups in total. The van der Waals surface area contributed by atoms with E-state index in [-0.39, 0.29) is 0 Å². The Bertz CT molecular complexity index is 354. The fourth-order valence-corrected chi connectivity index (χ4v) is 2.56. The van der Waals surface area contributed by atoms with Crippen LogP contribution in [-0.4, -0.2) is 30.6 Å². The molecule has 2 rings (SSSR count). The van der Waals surface area contributed by atoms with E-state index in [1.54, 1.807) is 0 Å². The molecule has 0 radical (unpaired) electrons. The van der Waals surface area contributed by atoms with Gasteiger partial charge in [0, 0.05) is 0 Å². The Morgan fingerprint density at radius 2 is 1.84 bits per heavy atom. The van der Waals surface area contributed by atoms with Crippen molar-refractivity contribution in [3.63, 3.8) is 0 Å². The second-order valence-electron chi connectivity index (χ2n) is 5.63. The van der Waals surface area contributed by atoms with Crippen LogP contribution < -0.4 is 4.74 Å². The van der Waals surface area contributed by atoms with E-state index in [0.717, 1.165) is 12.2 Å². The maximum absolute atomic E-state index is 5.80. The zero-order chi connectivity index (χ0) is 13.5. The van der Waals surface area contributed by atoms with Gasteiger partial charge in [0.25, 0.3) is 0 Å². The summed E-state index contributed by atoms with van der Waals surface area (Å²) in [5.74, 6) is 0.998. The Balaban J connectivity index is 1.71. The predicted octanol–water partition coefficient (Wildman–Crippen LogP) is 3.89. The Morgan fingerprint density at radius 1 is 1.16 bits per heavy atom. The van der Waals surface area contributed by atoms with Gasteiger partial charge in [-0.05, 0) is 76.4 Å². The van der Waals surface area contributed by atoms with Crippen molar-refractivity contribution in [3.8, 4) is 5.75 Å². The Kier molecular flexibility index (Phi) is 5.71. The molecule has 0 saturated carbocycles. The number of likely N-dealkylation sites (tertiary alicyclic amines) is 1. The monoisotopic (exact) mass is 261 g/mol. The van der Waals surface area contributed by atoms with E-state index in [0.29, 0.717) is 6.10 Å². The minimum Gasteiger partial charge on any atom is -0.491 e. The third-order valence-corrected chi connectivity index (χ3v) is 3.97. The fourth-order valence-electron chi connectivity index (χ4n) is 2.56. The summed E-state index contributed by atoms with van der Waals surface area (Å²) >= 11 is 0. The molecule has 2 nitrogen and oxygen atoms in total. The van der Waals surface area contributed by atoms with Crippen LogP contribution in [0.2, 0.25) is 0 Å². The zero-order valence-corrected chi connectivity index (χ0v) is 12.4. The molecule has 2 heteroatoms. The number of ether oxygens (including phenoxy) is 1. The van der Waals surface area contributed by atoms with Gasteiger partial charge in [-0.15, -0.1) is 0 Å². The average molecular weight is 261 g/mol. The second kappa shape index (κ2) is 7.54. The molecular weight excluding hydrogens is 234 g/mol. The molecule has 1 unspecified atom stereocenters. The van der Waals surface area contributed by atoms with E-state index in [4.69, 9.17) is 4.74 Å². The van der Waals surface area contributed by atoms with Crippen molar-refractivity contribution in [2.24, 2.45) is 0 Å². The zero-order valence-electron chi connectivity index (χ0n) is 12.4. The molecule has 0 bridgehead atoms. The summed E-state index contributed by atoms with van der Waals surface area (Å²) in [6, 6.07) is 8.64. The van der Waals surface area contributed by atoms with Crippen LogP contribution in [0, 0.1) is 0 Å². The Hall–Kier alpha value is -1.02. The molecule has 0 amide bonds. The predicted molar refractivity (Wildman–Crippen MR) is 80.8 cm³/mol. The molecule has 0 spiro atoms. The first-order valence-corrected chi connectivity index (χ1v) is 7.76. The lowest BCUT2D eigenvalue weighted by Crippen LogP contribution is -2.20. The summed E-state index contributed by atoms with van der Waals surface area (Å²) in [4.78, 5) is 2.58. The minimum atomic E-state index is 0.306. The third kappa shape index (κ3) is 4.87. The van der Waals surface area contributed by atoms with Crippen LogP contribution in [0.1, 0.15) is 45.1 Å². The van der Waals surface area contributed by atoms with Gasteiger partial charge in [-0.2, -0.15) is 0 Å². The molecule has 1 aliphatic rings. The standard InChI is InChI=1S/C17H27NO/c1-3-15(2)19-17-10-8-16(9-11-17)7-6-14-18-12-4-5-13-18/h8-11,15H,3-7,12-14H2,1-2H3. The highest BCUT2D eigenvalue weighted by molar-refractivity contribution is 5.27. The van der Waals surface area contributed by atoms with Gasteiger partial charge < -0.3 is 9.64 Å². The van der Waals surface area contributed by atoms with Crippen LogP contribution in [0.15, 0.2) is 24.3 Å². The Morgan fingerprint density at radius 3 is 2.47 bits per heavy atom. The molecule has 1 saturated heterocycles. The lowest BCUT2D eigenvalue weighted by Gasteiger charge is -2.14. The van der Waals surface area contributed by atoms with Crippen LogP contribution >= 0.6 is 0 Å². The van der Waals surface area contributed by atoms with Crippen LogP contribution in [0.3, 0.4) is 0 Å². The van der Waals surface area contributed by atoms with Crippen LogP contribution in [-0.2, 0) is 6.42 Å². The van der Waals surface area contributed by atoms with Crippen LogP contribution in [0.25, 0.3) is 0 Å². The lowest BCUT2D eigenvalue weighted by atomic mass is 10.1. The summed E-state index contributed by atoms with van der Waals surface area (Å²) in [5, 5.41) is 0. The van der Waals surface area contributed by atoms with Crippen molar-refractivity contribution in [2.45, 2.75) is 52.1 Å². The van der Waals surface area contributed by atoms with Gasteiger partial charge in [0.15, 0.2) is 0 Å². The summed E-state index contributed by atoms with van der Waals surface area (Å²) < 4.78 is 5.80. The SMILES string of the molecule is CCC(C)Oc1ccc(CCCN2CCCC2)cc1. The van der Waals surface area contributed by atoms with Crippen LogP contribution in [0.4, 0.5) is 0 Å². The molecule has 0 aliphatic carbocycles. The largest absolute Gasteiger partial charge is 0.491 e. The van der Waals surface area contributed by atoms with Gasteiger partial charge in [0.1, 0.15) is 5.75 Å². The van der Waals surface area contributed by atoms with Gasteiger partial charge in [-0.1, -0.05) is 19.1 Å². The number of nitrogens with zero attached hydrogens (tertiary/aromatic N) is 1. The van der Waals surface area contributed by atoms with Crippen molar-refractivity contribution in [1.82, 2.24) is 4.90 Å². The molecule has 0 aromatic heterocycles. The number of rotatable bonds is 7. The first-order valence-electron chi connectivity index (χ1n) is 7.76. The van der Waals surface area contributed by atoms with Crippen molar-refractivity contribution < 1.29 is 4.74 Å². The van der Waals surface area contributed by atoms with Crippen molar-refractivity contribution >= 4 is 0 Å². The molecule has 106 valence electrons. The van der Waals surface area contributed by atoms with Gasteiger partial charge >= 0.3 is 0 Å². The average Bonchev–Trinajstić information content (AvgIpc) is 2.94. The molecule has 1 fully saturated rings. The highest BCUT2D eigenvalue weighted by atomic mass is 16.5. The summed E-state index contributed by atoms with van der Waals surface area (Å²) in [6.07, 6.45) is 6.59. The number of hydrogen-bond acceptors (Lipinski definition) is 2. The summed E-state index contributed by atoms with van der Waals surface area (Å²) in [7, 11) is 0. The summed E-state index contributed by atoms with van der Waals surface area (Å²) in [6.45, 7) is 8.13. The van der Waals surface area contributed by atoms with Crippen molar-refractivity contribution in [3.05, 3.63) is 29.8 Å². The second-order valence-corrected chi connectivity index (χ2v) is 5.63. The topological polar surface area (TPSA) is 12.5 Å². The normalized spacial score (nSPS) is 17.6. The fraction of sp³-hybridized carbons (Fsp3) is 0.647. The van der Waals surface area contributed by atoms with E-state index >= 15 is 0 Å². The number of benzene rings is 1. The van der Waals surface area contributed by atoms with Gasteiger partial charge in [0.2, 0.25) is 0 Å². The molecular formula is C17H27NO. The van der Waals surface area contributed by atoms with E-state index < -0.39 is 0 Å². The van der Waals surface area contributed by atoms with Crippen molar-refractivity contribution in [2.75, 3.05) is 19.6 Å². The first kappa shape index (κ1) is 14.4. The lowest BCUT2D eigenvalue weighted by molar-refractivity contribution is 0.217. The molecule has 19 heavy (non-hydrogen) atoms. The minimum absolute atomic E-state index is 0.306. The van der Waals surface area contributed by atoms with E-state index in [1.807, 2.05) is 0 Å². The van der Waals surface area contributed by atoms with Gasteiger partial charge in [-0.3, -0.25) is 0 Å². The quantitative estimate of drug-likeness (QED) is 0.738. The highest BCUT2D eigenvalue weighted by Crippen LogP contribution is 2.16. The van der Waals surface area contributed by atoms with Crippen LogP contribution in [0.5, 0.6) is 5.75 Å². The van der Waals surface area contributed by atoms with E-state index in [1.165, 1.54) is 50.9 Å². The maximum Gasteiger partial charge on any atom is 0.119 e. The third-order valence-electron chi connectivity index (χ3n) is 3.97. The highest BCUT2D eigenvalue weighted by Gasteiger charge is 2.10. The molecule has 1 heterocycles. The van der Waals surface area contributed by atoms with Gasteiger partial charge in [-0.25, -0.2) is 0 Å². The molecule has 1 aliphatic heterocycles. The van der Waals surface area contributed by atoms with Crippen molar-refractivity contribution in [1.29, 1.82) is 0 Å². The molecule has 1 aromatic carbocycles. The van der Waals surface area contributed by atoms with E-state index in [2.05, 4.69) is 43.0 Å². The van der Waals surface area contributed by atoms with Gasteiger partial charge in [0.05, 0.1) is 6.10 Å². The first-order chi connectivity index (χ1) is 9.28. The maximum atomic E-state index is 5.80. The Labute approximate surface area is 117 Å². The number of hydrogen-bond donors (Lipinski definition) is 0. The summed E-state index contributed by atoms with van der Waals surface area (Å²) in [5.41, 5.74) is 1.43. The number of aryl methyl sites for hydroxylation is 1. The molecule has 1 atom stereocenters. The molecule has 1 aromatic rings. The van der Waals surface area contributed by atoms with E-state index in [9.17, 15) is 0 Å². The smallest absolute Gasteiger partial charge is 0.119 e.